The summed E-state index contributed by atoms with van der Waals surface area (Å²) in [5.74, 6) is 0.0334. The van der Waals surface area contributed by atoms with Gasteiger partial charge in [-0.3, -0.25) is 4.79 Å². The lowest BCUT2D eigenvalue weighted by Gasteiger charge is -2.30. The molecule has 116 valence electrons. The number of fused-ring (bicyclic) bond motifs is 1. The number of hydrogen-bond donors (Lipinski definition) is 2. The Kier molecular flexibility index (Phi) is 5.76. The van der Waals surface area contributed by atoms with Gasteiger partial charge in [0, 0.05) is 24.7 Å². The van der Waals surface area contributed by atoms with Crippen molar-refractivity contribution in [2.45, 2.75) is 45.7 Å². The Morgan fingerprint density at radius 1 is 1.33 bits per heavy atom. The molecule has 0 atom stereocenters. The average Bonchev–Trinajstić information content (AvgIpc) is 2.54. The fraction of sp³-hybridized carbons (Fsp3) is 0.588. The van der Waals surface area contributed by atoms with Crippen LogP contribution in [0, 0.1) is 0 Å². The number of rotatable bonds is 6. The van der Waals surface area contributed by atoms with Crippen LogP contribution in [0.4, 0.5) is 0 Å². The van der Waals surface area contributed by atoms with Crippen molar-refractivity contribution in [3.8, 4) is 0 Å². The lowest BCUT2D eigenvalue weighted by atomic mass is 9.97. The van der Waals surface area contributed by atoms with Gasteiger partial charge in [-0.25, -0.2) is 0 Å². The van der Waals surface area contributed by atoms with Crippen LogP contribution in [-0.4, -0.2) is 41.7 Å². The third-order valence-corrected chi connectivity index (χ3v) is 4.32. The van der Waals surface area contributed by atoms with Gasteiger partial charge in [-0.05, 0) is 49.1 Å². The topological polar surface area (TPSA) is 52.6 Å². The first-order chi connectivity index (χ1) is 10.2. The molecule has 0 fully saturated rings. The number of hydrogen-bond acceptors (Lipinski definition) is 3. The zero-order chi connectivity index (χ0) is 15.2. The van der Waals surface area contributed by atoms with Crippen molar-refractivity contribution in [2.75, 3.05) is 19.7 Å². The largest absolute Gasteiger partial charge is 0.395 e. The first-order valence-electron chi connectivity index (χ1n) is 7.95. The standard InChI is InChI=1S/C17H26N2O2/c1-3-16(4-2)19(9-10-20)17(21)14-6-5-13-7-8-18-12-15(13)11-14/h5-6,11,16,18,20H,3-4,7-10,12H2,1-2H3. The average molecular weight is 290 g/mol. The van der Waals surface area contributed by atoms with E-state index in [2.05, 4.69) is 25.2 Å². The van der Waals surface area contributed by atoms with Crippen molar-refractivity contribution in [2.24, 2.45) is 0 Å². The third-order valence-electron chi connectivity index (χ3n) is 4.32. The molecule has 4 heteroatoms. The minimum Gasteiger partial charge on any atom is -0.395 e. The normalized spacial score (nSPS) is 14.1. The molecule has 0 saturated carbocycles. The highest BCUT2D eigenvalue weighted by Crippen LogP contribution is 2.19. The molecule has 1 heterocycles. The molecule has 1 aromatic rings. The van der Waals surface area contributed by atoms with E-state index in [4.69, 9.17) is 0 Å². The van der Waals surface area contributed by atoms with Crippen molar-refractivity contribution in [1.82, 2.24) is 10.2 Å². The summed E-state index contributed by atoms with van der Waals surface area (Å²) in [6, 6.07) is 6.21. The predicted octanol–water partition coefficient (Wildman–Crippen LogP) is 1.96. The molecule has 0 bridgehead atoms. The molecule has 4 nitrogen and oxygen atoms in total. The minimum atomic E-state index is 0.00867. The molecule has 0 spiro atoms. The van der Waals surface area contributed by atoms with E-state index in [1.54, 1.807) is 0 Å². The van der Waals surface area contributed by atoms with E-state index in [9.17, 15) is 9.90 Å². The summed E-state index contributed by atoms with van der Waals surface area (Å²) >= 11 is 0. The molecule has 0 saturated heterocycles. The van der Waals surface area contributed by atoms with Gasteiger partial charge >= 0.3 is 0 Å². The maximum Gasteiger partial charge on any atom is 0.254 e. The molecule has 2 N–H and O–H groups in total. The summed E-state index contributed by atoms with van der Waals surface area (Å²) < 4.78 is 0. The van der Waals surface area contributed by atoms with Crippen LogP contribution in [0.15, 0.2) is 18.2 Å². The Labute approximate surface area is 127 Å². The van der Waals surface area contributed by atoms with Crippen molar-refractivity contribution in [3.05, 3.63) is 34.9 Å². The van der Waals surface area contributed by atoms with Crippen LogP contribution in [0.1, 0.15) is 48.2 Å². The van der Waals surface area contributed by atoms with Gasteiger partial charge in [0.1, 0.15) is 0 Å². The SMILES string of the molecule is CCC(CC)N(CCO)C(=O)c1ccc2c(c1)CNCC2. The molecule has 0 aliphatic carbocycles. The van der Waals surface area contributed by atoms with Gasteiger partial charge in [-0.2, -0.15) is 0 Å². The molecular formula is C17H26N2O2. The fourth-order valence-corrected chi connectivity index (χ4v) is 3.07. The summed E-state index contributed by atoms with van der Waals surface area (Å²) in [6.45, 7) is 6.42. The number of benzene rings is 1. The molecular weight excluding hydrogens is 264 g/mol. The summed E-state index contributed by atoms with van der Waals surface area (Å²) in [6.07, 6.45) is 2.85. The highest BCUT2D eigenvalue weighted by atomic mass is 16.3. The molecule has 0 unspecified atom stereocenters. The number of aliphatic hydroxyl groups excluding tert-OH is 1. The molecule has 1 aromatic carbocycles. The lowest BCUT2D eigenvalue weighted by Crippen LogP contribution is -2.41. The van der Waals surface area contributed by atoms with E-state index >= 15 is 0 Å². The smallest absolute Gasteiger partial charge is 0.254 e. The van der Waals surface area contributed by atoms with E-state index < -0.39 is 0 Å². The van der Waals surface area contributed by atoms with Crippen LogP contribution < -0.4 is 5.32 Å². The highest BCUT2D eigenvalue weighted by molar-refractivity contribution is 5.94. The summed E-state index contributed by atoms with van der Waals surface area (Å²) in [4.78, 5) is 14.6. The van der Waals surface area contributed by atoms with Gasteiger partial charge in [-0.15, -0.1) is 0 Å². The van der Waals surface area contributed by atoms with Crippen LogP contribution in [0.5, 0.6) is 0 Å². The monoisotopic (exact) mass is 290 g/mol. The fourth-order valence-electron chi connectivity index (χ4n) is 3.07. The quantitative estimate of drug-likeness (QED) is 0.842. The van der Waals surface area contributed by atoms with Crippen LogP contribution in [0.2, 0.25) is 0 Å². The zero-order valence-electron chi connectivity index (χ0n) is 13.1. The van der Waals surface area contributed by atoms with Crippen LogP contribution in [0.25, 0.3) is 0 Å². The Morgan fingerprint density at radius 2 is 2.10 bits per heavy atom. The van der Waals surface area contributed by atoms with Crippen LogP contribution in [0.3, 0.4) is 0 Å². The minimum absolute atomic E-state index is 0.00867. The van der Waals surface area contributed by atoms with E-state index in [0.29, 0.717) is 6.54 Å². The van der Waals surface area contributed by atoms with Crippen molar-refractivity contribution < 1.29 is 9.90 Å². The number of carbonyl (C=O) groups is 1. The van der Waals surface area contributed by atoms with Gasteiger partial charge in [0.15, 0.2) is 0 Å². The molecule has 0 aromatic heterocycles. The second-order valence-electron chi connectivity index (χ2n) is 5.60. The lowest BCUT2D eigenvalue weighted by molar-refractivity contribution is 0.0622. The Hall–Kier alpha value is -1.39. The first-order valence-corrected chi connectivity index (χ1v) is 7.95. The maximum absolute atomic E-state index is 12.8. The Morgan fingerprint density at radius 3 is 2.76 bits per heavy atom. The zero-order valence-corrected chi connectivity index (χ0v) is 13.1. The van der Waals surface area contributed by atoms with E-state index in [-0.39, 0.29) is 18.6 Å². The molecule has 0 radical (unpaired) electrons. The van der Waals surface area contributed by atoms with Gasteiger partial charge < -0.3 is 15.3 Å². The molecule has 1 aliphatic rings. The van der Waals surface area contributed by atoms with Gasteiger partial charge in [0.25, 0.3) is 5.91 Å². The number of carbonyl (C=O) groups excluding carboxylic acids is 1. The van der Waals surface area contributed by atoms with Gasteiger partial charge in [0.2, 0.25) is 0 Å². The molecule has 1 aliphatic heterocycles. The summed E-state index contributed by atoms with van der Waals surface area (Å²) in [7, 11) is 0. The number of aliphatic hydroxyl groups is 1. The molecule has 1 amide bonds. The summed E-state index contributed by atoms with van der Waals surface area (Å²) in [5, 5.41) is 12.6. The molecule has 21 heavy (non-hydrogen) atoms. The van der Waals surface area contributed by atoms with E-state index in [1.807, 2.05) is 17.0 Å². The van der Waals surface area contributed by atoms with Crippen molar-refractivity contribution >= 4 is 5.91 Å². The van der Waals surface area contributed by atoms with E-state index in [0.717, 1.165) is 37.9 Å². The third kappa shape index (κ3) is 3.63. The molecule has 2 rings (SSSR count). The number of amides is 1. The first kappa shape index (κ1) is 16.0. The van der Waals surface area contributed by atoms with Gasteiger partial charge in [-0.1, -0.05) is 19.9 Å². The second kappa shape index (κ2) is 7.57. The number of nitrogens with zero attached hydrogens (tertiary/aromatic N) is 1. The highest BCUT2D eigenvalue weighted by Gasteiger charge is 2.22. The Bertz CT molecular complexity index is 484. The van der Waals surface area contributed by atoms with E-state index in [1.165, 1.54) is 11.1 Å². The van der Waals surface area contributed by atoms with Crippen LogP contribution in [-0.2, 0) is 13.0 Å². The van der Waals surface area contributed by atoms with Crippen LogP contribution >= 0.6 is 0 Å². The Balaban J connectivity index is 2.23. The second-order valence-corrected chi connectivity index (χ2v) is 5.60. The predicted molar refractivity (Wildman–Crippen MR) is 84.3 cm³/mol. The summed E-state index contributed by atoms with van der Waals surface area (Å²) in [5.41, 5.74) is 3.29. The van der Waals surface area contributed by atoms with Gasteiger partial charge in [0.05, 0.1) is 6.61 Å². The van der Waals surface area contributed by atoms with Crippen molar-refractivity contribution in [1.29, 1.82) is 0 Å². The number of nitrogens with one attached hydrogen (secondary N) is 1. The maximum atomic E-state index is 12.8. The van der Waals surface area contributed by atoms with Crippen molar-refractivity contribution in [3.63, 3.8) is 0 Å².